The Morgan fingerprint density at radius 1 is 1.33 bits per heavy atom. The standard InChI is InChI=1S/C16H15ClN4O3/c17-12-3-1-2-4-13(12)24-15-8-10(5-6-18-15)20-16(23)21-11-7-14(22)19-9-11/h1-6,8,11H,7,9H2,(H,19,22)(H2,18,20,21,23)/t11-/m1/s1. The smallest absolute Gasteiger partial charge is 0.319 e. The van der Waals surface area contributed by atoms with Crippen molar-refractivity contribution in [3.05, 3.63) is 47.6 Å². The minimum atomic E-state index is -0.397. The van der Waals surface area contributed by atoms with Crippen LogP contribution >= 0.6 is 11.6 Å². The molecule has 3 rings (SSSR count). The molecule has 0 saturated carbocycles. The van der Waals surface area contributed by atoms with Gasteiger partial charge in [0.15, 0.2) is 0 Å². The first-order valence-corrected chi connectivity index (χ1v) is 7.70. The van der Waals surface area contributed by atoms with E-state index in [0.29, 0.717) is 28.9 Å². The van der Waals surface area contributed by atoms with Crippen molar-refractivity contribution in [3.8, 4) is 11.6 Å². The second-order valence-corrected chi connectivity index (χ2v) is 5.63. The molecule has 3 amide bonds. The van der Waals surface area contributed by atoms with Gasteiger partial charge in [0.05, 0.1) is 11.1 Å². The van der Waals surface area contributed by atoms with Gasteiger partial charge in [0.2, 0.25) is 11.8 Å². The highest BCUT2D eigenvalue weighted by Gasteiger charge is 2.22. The van der Waals surface area contributed by atoms with E-state index < -0.39 is 6.03 Å². The van der Waals surface area contributed by atoms with Crippen LogP contribution in [-0.4, -0.2) is 29.5 Å². The molecule has 0 aliphatic carbocycles. The maximum atomic E-state index is 12.0. The predicted octanol–water partition coefficient (Wildman–Crippen LogP) is 2.54. The zero-order chi connectivity index (χ0) is 16.9. The van der Waals surface area contributed by atoms with E-state index in [-0.39, 0.29) is 18.4 Å². The number of anilines is 1. The summed E-state index contributed by atoms with van der Waals surface area (Å²) in [7, 11) is 0. The first-order valence-electron chi connectivity index (χ1n) is 7.33. The van der Waals surface area contributed by atoms with E-state index in [1.807, 2.05) is 0 Å². The maximum Gasteiger partial charge on any atom is 0.319 e. The molecular weight excluding hydrogens is 332 g/mol. The number of carbonyl (C=O) groups is 2. The van der Waals surface area contributed by atoms with Crippen LogP contribution in [0, 0.1) is 0 Å². The molecule has 2 heterocycles. The number of para-hydroxylation sites is 1. The Hall–Kier alpha value is -2.80. The summed E-state index contributed by atoms with van der Waals surface area (Å²) in [5.41, 5.74) is 0.516. The highest BCUT2D eigenvalue weighted by molar-refractivity contribution is 6.32. The van der Waals surface area contributed by atoms with Crippen molar-refractivity contribution < 1.29 is 14.3 Å². The Morgan fingerprint density at radius 2 is 2.17 bits per heavy atom. The molecule has 24 heavy (non-hydrogen) atoms. The van der Waals surface area contributed by atoms with Gasteiger partial charge in [-0.1, -0.05) is 23.7 Å². The van der Waals surface area contributed by atoms with Gasteiger partial charge in [-0.05, 0) is 18.2 Å². The molecule has 3 N–H and O–H groups in total. The van der Waals surface area contributed by atoms with Gasteiger partial charge in [0.25, 0.3) is 0 Å². The van der Waals surface area contributed by atoms with Crippen LogP contribution in [0.4, 0.5) is 10.5 Å². The number of halogens is 1. The molecule has 124 valence electrons. The lowest BCUT2D eigenvalue weighted by Crippen LogP contribution is -2.39. The van der Waals surface area contributed by atoms with E-state index in [1.54, 1.807) is 36.4 Å². The van der Waals surface area contributed by atoms with Crippen LogP contribution in [0.15, 0.2) is 42.6 Å². The van der Waals surface area contributed by atoms with Crippen LogP contribution in [0.25, 0.3) is 0 Å². The fraction of sp³-hybridized carbons (Fsp3) is 0.188. The molecule has 8 heteroatoms. The number of benzene rings is 1. The lowest BCUT2D eigenvalue weighted by Gasteiger charge is -2.12. The van der Waals surface area contributed by atoms with Crippen molar-refractivity contribution in [2.75, 3.05) is 11.9 Å². The summed E-state index contributed by atoms with van der Waals surface area (Å²) in [4.78, 5) is 27.2. The molecule has 1 aromatic carbocycles. The fourth-order valence-corrected chi connectivity index (χ4v) is 2.42. The van der Waals surface area contributed by atoms with Crippen molar-refractivity contribution in [2.24, 2.45) is 0 Å². The average molecular weight is 347 g/mol. The molecule has 0 spiro atoms. The number of nitrogens with zero attached hydrogens (tertiary/aromatic N) is 1. The van der Waals surface area contributed by atoms with Crippen LogP contribution in [0.2, 0.25) is 5.02 Å². The molecule has 0 unspecified atom stereocenters. The molecule has 7 nitrogen and oxygen atoms in total. The van der Waals surface area contributed by atoms with Crippen molar-refractivity contribution in [1.29, 1.82) is 0 Å². The van der Waals surface area contributed by atoms with E-state index in [2.05, 4.69) is 20.9 Å². The third-order valence-corrected chi connectivity index (χ3v) is 3.67. The van der Waals surface area contributed by atoms with Crippen LogP contribution in [0.5, 0.6) is 11.6 Å². The number of hydrogen-bond acceptors (Lipinski definition) is 4. The summed E-state index contributed by atoms with van der Waals surface area (Å²) < 4.78 is 5.61. The number of urea groups is 1. The number of rotatable bonds is 4. The van der Waals surface area contributed by atoms with Gasteiger partial charge in [-0.15, -0.1) is 0 Å². The SMILES string of the molecule is O=C1C[C@@H](NC(=O)Nc2ccnc(Oc3ccccc3Cl)c2)CN1. The Labute approximate surface area is 143 Å². The number of amides is 3. The van der Waals surface area contributed by atoms with Gasteiger partial charge in [-0.2, -0.15) is 0 Å². The van der Waals surface area contributed by atoms with Crippen LogP contribution in [0.1, 0.15) is 6.42 Å². The van der Waals surface area contributed by atoms with E-state index in [4.69, 9.17) is 16.3 Å². The van der Waals surface area contributed by atoms with Gasteiger partial charge in [-0.3, -0.25) is 4.79 Å². The summed E-state index contributed by atoms with van der Waals surface area (Å²) in [5, 5.41) is 8.53. The zero-order valence-electron chi connectivity index (χ0n) is 12.6. The first-order chi connectivity index (χ1) is 11.6. The third-order valence-electron chi connectivity index (χ3n) is 3.36. The minimum absolute atomic E-state index is 0.0698. The fourth-order valence-electron chi connectivity index (χ4n) is 2.24. The van der Waals surface area contributed by atoms with Crippen LogP contribution < -0.4 is 20.7 Å². The van der Waals surface area contributed by atoms with Crippen molar-refractivity contribution in [3.63, 3.8) is 0 Å². The Kier molecular flexibility index (Phi) is 4.81. The summed E-state index contributed by atoms with van der Waals surface area (Å²) >= 11 is 6.04. The van der Waals surface area contributed by atoms with Gasteiger partial charge < -0.3 is 20.7 Å². The summed E-state index contributed by atoms with van der Waals surface area (Å²) in [6.45, 7) is 0.434. The minimum Gasteiger partial charge on any atom is -0.437 e. The normalized spacial score (nSPS) is 16.4. The highest BCUT2D eigenvalue weighted by Crippen LogP contribution is 2.28. The Morgan fingerprint density at radius 3 is 2.92 bits per heavy atom. The zero-order valence-corrected chi connectivity index (χ0v) is 13.3. The van der Waals surface area contributed by atoms with Gasteiger partial charge >= 0.3 is 6.03 Å². The molecular formula is C16H15ClN4O3. The maximum absolute atomic E-state index is 12.0. The van der Waals surface area contributed by atoms with Crippen molar-refractivity contribution in [2.45, 2.75) is 12.5 Å². The van der Waals surface area contributed by atoms with E-state index in [0.717, 1.165) is 0 Å². The summed E-state index contributed by atoms with van der Waals surface area (Å²) in [6.07, 6.45) is 1.80. The lowest BCUT2D eigenvalue weighted by atomic mass is 10.2. The highest BCUT2D eigenvalue weighted by atomic mass is 35.5. The van der Waals surface area contributed by atoms with Crippen molar-refractivity contribution >= 4 is 29.2 Å². The number of nitrogens with one attached hydrogen (secondary N) is 3. The second kappa shape index (κ2) is 7.18. The van der Waals surface area contributed by atoms with E-state index in [9.17, 15) is 9.59 Å². The number of pyridine rings is 1. The average Bonchev–Trinajstić information content (AvgIpc) is 2.95. The first kappa shape index (κ1) is 16.1. The number of carbonyl (C=O) groups excluding carboxylic acids is 2. The molecule has 1 fully saturated rings. The summed E-state index contributed by atoms with van der Waals surface area (Å²) in [5.74, 6) is 0.710. The van der Waals surface area contributed by atoms with E-state index >= 15 is 0 Å². The molecule has 1 atom stereocenters. The summed E-state index contributed by atoms with van der Waals surface area (Å²) in [6, 6.07) is 9.65. The molecule has 0 bridgehead atoms. The van der Waals surface area contributed by atoms with Gasteiger partial charge in [-0.25, -0.2) is 9.78 Å². The molecule has 1 saturated heterocycles. The molecule has 1 aliphatic rings. The molecule has 2 aromatic rings. The van der Waals surface area contributed by atoms with Gasteiger partial charge in [0.1, 0.15) is 5.75 Å². The second-order valence-electron chi connectivity index (χ2n) is 5.22. The van der Waals surface area contributed by atoms with Crippen molar-refractivity contribution in [1.82, 2.24) is 15.6 Å². The monoisotopic (exact) mass is 346 g/mol. The largest absolute Gasteiger partial charge is 0.437 e. The Balaban J connectivity index is 1.61. The number of aromatic nitrogens is 1. The van der Waals surface area contributed by atoms with E-state index in [1.165, 1.54) is 6.20 Å². The number of ether oxygens (including phenoxy) is 1. The lowest BCUT2D eigenvalue weighted by molar-refractivity contribution is -0.119. The van der Waals surface area contributed by atoms with Crippen LogP contribution in [-0.2, 0) is 4.79 Å². The Bertz CT molecular complexity index is 768. The molecule has 1 aliphatic heterocycles. The molecule has 0 radical (unpaired) electrons. The molecule has 1 aromatic heterocycles. The predicted molar refractivity (Wildman–Crippen MR) is 89.3 cm³/mol. The number of hydrogen-bond donors (Lipinski definition) is 3. The quantitative estimate of drug-likeness (QED) is 0.793. The van der Waals surface area contributed by atoms with Gasteiger partial charge in [0, 0.05) is 30.9 Å². The topological polar surface area (TPSA) is 92.4 Å². The van der Waals surface area contributed by atoms with Crippen LogP contribution in [0.3, 0.4) is 0 Å². The third kappa shape index (κ3) is 4.14.